The summed E-state index contributed by atoms with van der Waals surface area (Å²) in [6.07, 6.45) is 1.71. The Balaban J connectivity index is 1.69. The number of nitrogens with one attached hydrogen (secondary N) is 1. The van der Waals surface area contributed by atoms with Gasteiger partial charge in [0, 0.05) is 11.7 Å². The van der Waals surface area contributed by atoms with Crippen LogP contribution in [0.3, 0.4) is 0 Å². The van der Waals surface area contributed by atoms with E-state index in [2.05, 4.69) is 5.32 Å². The number of benzene rings is 2. The fraction of sp³-hybridized carbons (Fsp3) is 0.300. The van der Waals surface area contributed by atoms with Crippen molar-refractivity contribution in [1.29, 1.82) is 0 Å². The molecule has 2 aromatic rings. The molecule has 7 nitrogen and oxygen atoms in total. The van der Waals surface area contributed by atoms with Crippen molar-refractivity contribution in [1.82, 2.24) is 4.90 Å². The summed E-state index contributed by atoms with van der Waals surface area (Å²) in [5.74, 6) is 0.389. The molecule has 2 aliphatic rings. The van der Waals surface area contributed by atoms with Gasteiger partial charge in [0.25, 0.3) is 11.8 Å². The van der Waals surface area contributed by atoms with Crippen molar-refractivity contribution in [2.24, 2.45) is 5.73 Å². The van der Waals surface area contributed by atoms with Gasteiger partial charge in [-0.3, -0.25) is 9.59 Å². The first-order chi connectivity index (χ1) is 13.1. The van der Waals surface area contributed by atoms with Crippen molar-refractivity contribution in [2.45, 2.75) is 25.0 Å². The van der Waals surface area contributed by atoms with Crippen LogP contribution in [-0.4, -0.2) is 36.5 Å². The zero-order valence-electron chi connectivity index (χ0n) is 15.0. The van der Waals surface area contributed by atoms with Gasteiger partial charge in [-0.2, -0.15) is 0 Å². The van der Waals surface area contributed by atoms with Crippen LogP contribution in [0.4, 0.5) is 5.69 Å². The fourth-order valence-electron chi connectivity index (χ4n) is 3.36. The lowest BCUT2D eigenvalue weighted by atomic mass is 10.0. The molecule has 0 radical (unpaired) electrons. The van der Waals surface area contributed by atoms with Crippen molar-refractivity contribution in [3.63, 3.8) is 0 Å². The number of carbonyl (C=O) groups is 2. The summed E-state index contributed by atoms with van der Waals surface area (Å²) in [5, 5.41) is 3.47. The first-order valence-electron chi connectivity index (χ1n) is 8.85. The lowest BCUT2D eigenvalue weighted by Crippen LogP contribution is -2.44. The van der Waals surface area contributed by atoms with Gasteiger partial charge in [0.1, 0.15) is 6.17 Å². The van der Waals surface area contributed by atoms with E-state index >= 15 is 0 Å². The summed E-state index contributed by atoms with van der Waals surface area (Å²) < 4.78 is 10.8. The van der Waals surface area contributed by atoms with Crippen LogP contribution in [0, 0.1) is 0 Å². The molecule has 0 bridgehead atoms. The van der Waals surface area contributed by atoms with Crippen molar-refractivity contribution in [3.05, 3.63) is 53.6 Å². The van der Waals surface area contributed by atoms with Crippen LogP contribution in [0.25, 0.3) is 0 Å². The SMILES string of the molecule is COc1cc([C@@H]2Nc3ccccc3C(=O)N2C2CC2)ccc1OCC(N)=O. The van der Waals surface area contributed by atoms with Gasteiger partial charge < -0.3 is 25.4 Å². The van der Waals surface area contributed by atoms with Crippen LogP contribution < -0.4 is 20.5 Å². The Bertz CT molecular complexity index is 895. The lowest BCUT2D eigenvalue weighted by molar-refractivity contribution is -0.119. The van der Waals surface area contributed by atoms with Gasteiger partial charge in [0.15, 0.2) is 18.1 Å². The van der Waals surface area contributed by atoms with E-state index in [0.29, 0.717) is 17.1 Å². The molecular formula is C20H21N3O4. The third-order valence-corrected chi connectivity index (χ3v) is 4.78. The quantitative estimate of drug-likeness (QED) is 0.817. The summed E-state index contributed by atoms with van der Waals surface area (Å²) in [7, 11) is 1.53. The minimum atomic E-state index is -0.558. The summed E-state index contributed by atoms with van der Waals surface area (Å²) >= 11 is 0. The smallest absolute Gasteiger partial charge is 0.258 e. The molecule has 0 saturated heterocycles. The number of hydrogen-bond donors (Lipinski definition) is 2. The van der Waals surface area contributed by atoms with Crippen LogP contribution >= 0.6 is 0 Å². The Kier molecular flexibility index (Phi) is 4.35. The first-order valence-corrected chi connectivity index (χ1v) is 8.85. The predicted molar refractivity (Wildman–Crippen MR) is 99.7 cm³/mol. The molecule has 1 aliphatic heterocycles. The molecule has 2 aromatic carbocycles. The highest BCUT2D eigenvalue weighted by atomic mass is 16.5. The summed E-state index contributed by atoms with van der Waals surface area (Å²) in [4.78, 5) is 25.9. The van der Waals surface area contributed by atoms with E-state index in [4.69, 9.17) is 15.2 Å². The fourth-order valence-corrected chi connectivity index (χ4v) is 3.36. The molecule has 1 fully saturated rings. The van der Waals surface area contributed by atoms with Crippen molar-refractivity contribution >= 4 is 17.5 Å². The van der Waals surface area contributed by atoms with E-state index in [1.807, 2.05) is 41.3 Å². The second kappa shape index (κ2) is 6.83. The molecule has 1 heterocycles. The van der Waals surface area contributed by atoms with Gasteiger partial charge in [-0.15, -0.1) is 0 Å². The van der Waals surface area contributed by atoms with Crippen molar-refractivity contribution in [3.8, 4) is 11.5 Å². The number of primary amides is 1. The topological polar surface area (TPSA) is 93.9 Å². The second-order valence-electron chi connectivity index (χ2n) is 6.70. The minimum absolute atomic E-state index is 0.0323. The number of carbonyl (C=O) groups excluding carboxylic acids is 2. The molecule has 0 aromatic heterocycles. The largest absolute Gasteiger partial charge is 0.493 e. The number of methoxy groups -OCH3 is 1. The van der Waals surface area contributed by atoms with E-state index in [1.54, 1.807) is 6.07 Å². The number of nitrogens with zero attached hydrogens (tertiary/aromatic N) is 1. The van der Waals surface area contributed by atoms with Crippen LogP contribution in [0.5, 0.6) is 11.5 Å². The predicted octanol–water partition coefficient (Wildman–Crippen LogP) is 2.29. The van der Waals surface area contributed by atoms with Crippen LogP contribution in [0.15, 0.2) is 42.5 Å². The number of fused-ring (bicyclic) bond motifs is 1. The van der Waals surface area contributed by atoms with Crippen LogP contribution in [0.2, 0.25) is 0 Å². The third kappa shape index (κ3) is 3.28. The average molecular weight is 367 g/mol. The van der Waals surface area contributed by atoms with Gasteiger partial charge >= 0.3 is 0 Å². The zero-order valence-corrected chi connectivity index (χ0v) is 15.0. The molecule has 4 rings (SSSR count). The maximum absolute atomic E-state index is 13.1. The van der Waals surface area contributed by atoms with Crippen LogP contribution in [0.1, 0.15) is 34.9 Å². The normalized spacial score (nSPS) is 18.5. The molecule has 1 aliphatic carbocycles. The number of anilines is 1. The monoisotopic (exact) mass is 367 g/mol. The summed E-state index contributed by atoms with van der Waals surface area (Å²) in [5.41, 5.74) is 7.53. The van der Waals surface area contributed by atoms with Crippen molar-refractivity contribution in [2.75, 3.05) is 19.0 Å². The molecule has 3 N–H and O–H groups in total. The van der Waals surface area contributed by atoms with E-state index in [9.17, 15) is 9.59 Å². The van der Waals surface area contributed by atoms with Gasteiger partial charge in [0.2, 0.25) is 0 Å². The van der Waals surface area contributed by atoms with Gasteiger partial charge in [-0.1, -0.05) is 18.2 Å². The Morgan fingerprint density at radius 2 is 2.00 bits per heavy atom. The lowest BCUT2D eigenvalue weighted by Gasteiger charge is -2.38. The molecular weight excluding hydrogens is 346 g/mol. The Labute approximate surface area is 157 Å². The minimum Gasteiger partial charge on any atom is -0.493 e. The average Bonchev–Trinajstić information content (AvgIpc) is 3.51. The number of nitrogens with two attached hydrogens (primary N) is 1. The Morgan fingerprint density at radius 1 is 1.22 bits per heavy atom. The van der Waals surface area contributed by atoms with Gasteiger partial charge in [0.05, 0.1) is 12.7 Å². The molecule has 0 spiro atoms. The molecule has 1 atom stereocenters. The maximum Gasteiger partial charge on any atom is 0.258 e. The molecule has 1 saturated carbocycles. The zero-order chi connectivity index (χ0) is 19.0. The van der Waals surface area contributed by atoms with Gasteiger partial charge in [-0.05, 0) is 42.7 Å². The highest BCUT2D eigenvalue weighted by molar-refractivity contribution is 6.02. The van der Waals surface area contributed by atoms with E-state index in [0.717, 1.165) is 24.1 Å². The first kappa shape index (κ1) is 17.2. The Hall–Kier alpha value is -3.22. The number of para-hydroxylation sites is 1. The Morgan fingerprint density at radius 3 is 2.70 bits per heavy atom. The summed E-state index contributed by atoms with van der Waals surface area (Å²) in [6, 6.07) is 13.2. The van der Waals surface area contributed by atoms with Crippen LogP contribution in [-0.2, 0) is 4.79 Å². The van der Waals surface area contributed by atoms with E-state index in [-0.39, 0.29) is 24.7 Å². The standard InChI is InChI=1S/C20H21N3O4/c1-26-17-10-12(6-9-16(17)27-11-18(21)24)19-22-15-5-3-2-4-14(15)20(25)23(19)13-7-8-13/h2-6,9-10,13,19,22H,7-8,11H2,1H3,(H2,21,24)/t19-/m1/s1. The molecule has 2 amide bonds. The highest BCUT2D eigenvalue weighted by Crippen LogP contribution is 2.42. The molecule has 140 valence electrons. The highest BCUT2D eigenvalue weighted by Gasteiger charge is 2.42. The van der Waals surface area contributed by atoms with E-state index < -0.39 is 5.91 Å². The summed E-state index contributed by atoms with van der Waals surface area (Å²) in [6.45, 7) is -0.225. The van der Waals surface area contributed by atoms with Gasteiger partial charge in [-0.25, -0.2) is 0 Å². The molecule has 7 heteroatoms. The molecule has 0 unspecified atom stereocenters. The van der Waals surface area contributed by atoms with Crippen molar-refractivity contribution < 1.29 is 19.1 Å². The van der Waals surface area contributed by atoms with E-state index in [1.165, 1.54) is 7.11 Å². The number of amides is 2. The number of hydrogen-bond acceptors (Lipinski definition) is 5. The maximum atomic E-state index is 13.1. The second-order valence-corrected chi connectivity index (χ2v) is 6.70. The third-order valence-electron chi connectivity index (χ3n) is 4.78. The molecule has 27 heavy (non-hydrogen) atoms. The number of ether oxygens (including phenoxy) is 2. The number of rotatable bonds is 6.